The van der Waals surface area contributed by atoms with Gasteiger partial charge in [0, 0.05) is 18.7 Å². The van der Waals surface area contributed by atoms with Crippen molar-refractivity contribution in [2.75, 3.05) is 6.61 Å². The molecule has 0 aliphatic rings. The van der Waals surface area contributed by atoms with Gasteiger partial charge in [-0.3, -0.25) is 0 Å². The van der Waals surface area contributed by atoms with Gasteiger partial charge >= 0.3 is 0 Å². The second-order valence-electron chi connectivity index (χ2n) is 5.16. The summed E-state index contributed by atoms with van der Waals surface area (Å²) in [5, 5.41) is 12.3. The monoisotopic (exact) mass is 215 g/mol. The molecule has 2 heteroatoms. The topological polar surface area (TPSA) is 32.3 Å². The molecular weight excluding hydrogens is 186 g/mol. The average Bonchev–Trinajstić information content (AvgIpc) is 2.14. The lowest BCUT2D eigenvalue weighted by atomic mass is 10.0. The van der Waals surface area contributed by atoms with Crippen molar-refractivity contribution in [2.24, 2.45) is 5.92 Å². The highest BCUT2D eigenvalue weighted by molar-refractivity contribution is 4.67. The van der Waals surface area contributed by atoms with E-state index in [0.717, 1.165) is 18.8 Å². The highest BCUT2D eigenvalue weighted by Gasteiger charge is 2.06. The van der Waals surface area contributed by atoms with Crippen LogP contribution in [0.2, 0.25) is 0 Å². The van der Waals surface area contributed by atoms with E-state index < -0.39 is 0 Å². The Kier molecular flexibility index (Phi) is 9.12. The van der Waals surface area contributed by atoms with E-state index >= 15 is 0 Å². The maximum absolute atomic E-state index is 8.72. The van der Waals surface area contributed by atoms with Gasteiger partial charge in [-0.2, -0.15) is 0 Å². The molecule has 0 aromatic heterocycles. The van der Waals surface area contributed by atoms with E-state index in [1.165, 1.54) is 19.3 Å². The van der Waals surface area contributed by atoms with Crippen LogP contribution in [-0.4, -0.2) is 23.8 Å². The van der Waals surface area contributed by atoms with Crippen LogP contribution in [0, 0.1) is 5.92 Å². The minimum absolute atomic E-state index is 0.313. The van der Waals surface area contributed by atoms with Crippen LogP contribution in [0.4, 0.5) is 0 Å². The first kappa shape index (κ1) is 14.9. The summed E-state index contributed by atoms with van der Waals surface area (Å²) in [5.41, 5.74) is 0. The lowest BCUT2D eigenvalue weighted by Gasteiger charge is -2.20. The molecule has 15 heavy (non-hydrogen) atoms. The van der Waals surface area contributed by atoms with Gasteiger partial charge in [0.05, 0.1) is 0 Å². The Morgan fingerprint density at radius 1 is 0.867 bits per heavy atom. The van der Waals surface area contributed by atoms with Crippen molar-refractivity contribution in [3.63, 3.8) is 0 Å². The van der Waals surface area contributed by atoms with E-state index in [-0.39, 0.29) is 0 Å². The molecule has 0 heterocycles. The molecule has 0 aliphatic carbocycles. The maximum Gasteiger partial charge on any atom is 0.0431 e. The Hall–Kier alpha value is -0.0800. The van der Waals surface area contributed by atoms with Gasteiger partial charge in [-0.1, -0.05) is 26.7 Å². The van der Waals surface area contributed by atoms with Crippen LogP contribution in [0.5, 0.6) is 0 Å². The Morgan fingerprint density at radius 2 is 1.40 bits per heavy atom. The summed E-state index contributed by atoms with van der Waals surface area (Å²) in [6.07, 6.45) is 5.90. The number of nitrogens with one attached hydrogen (secondary N) is 1. The van der Waals surface area contributed by atoms with Gasteiger partial charge in [-0.15, -0.1) is 0 Å². The number of aliphatic hydroxyl groups is 1. The average molecular weight is 215 g/mol. The van der Waals surface area contributed by atoms with Gasteiger partial charge < -0.3 is 10.4 Å². The van der Waals surface area contributed by atoms with E-state index in [1.54, 1.807) is 0 Å². The molecule has 92 valence electrons. The molecule has 2 nitrogen and oxygen atoms in total. The fourth-order valence-corrected chi connectivity index (χ4v) is 1.88. The summed E-state index contributed by atoms with van der Waals surface area (Å²) in [5.74, 6) is 0.823. The van der Waals surface area contributed by atoms with Crippen LogP contribution in [0.1, 0.15) is 59.8 Å². The lowest BCUT2D eigenvalue weighted by Crippen LogP contribution is -2.34. The molecular formula is C13H29NO. The van der Waals surface area contributed by atoms with Gasteiger partial charge in [0.1, 0.15) is 0 Å². The zero-order chi connectivity index (χ0) is 11.7. The van der Waals surface area contributed by atoms with Crippen LogP contribution < -0.4 is 5.32 Å². The quantitative estimate of drug-likeness (QED) is 0.620. The lowest BCUT2D eigenvalue weighted by molar-refractivity contribution is 0.273. The highest BCUT2D eigenvalue weighted by Crippen LogP contribution is 2.09. The van der Waals surface area contributed by atoms with E-state index in [9.17, 15) is 0 Å². The molecule has 0 spiro atoms. The zero-order valence-electron chi connectivity index (χ0n) is 10.9. The molecule has 0 radical (unpaired) electrons. The van der Waals surface area contributed by atoms with Gasteiger partial charge in [-0.25, -0.2) is 0 Å². The summed E-state index contributed by atoms with van der Waals surface area (Å²) in [7, 11) is 0. The van der Waals surface area contributed by atoms with Gasteiger partial charge in [0.25, 0.3) is 0 Å². The first-order valence-corrected chi connectivity index (χ1v) is 6.43. The van der Waals surface area contributed by atoms with E-state index in [0.29, 0.717) is 18.7 Å². The van der Waals surface area contributed by atoms with Gasteiger partial charge in [0.15, 0.2) is 0 Å². The predicted molar refractivity (Wildman–Crippen MR) is 67.1 cm³/mol. The first-order chi connectivity index (χ1) is 7.06. The summed E-state index contributed by atoms with van der Waals surface area (Å²) in [6, 6.07) is 1.14. The van der Waals surface area contributed by atoms with Crippen molar-refractivity contribution in [2.45, 2.75) is 71.9 Å². The summed E-state index contributed by atoms with van der Waals surface area (Å²) < 4.78 is 0. The van der Waals surface area contributed by atoms with Crippen molar-refractivity contribution < 1.29 is 5.11 Å². The summed E-state index contributed by atoms with van der Waals surface area (Å²) in [4.78, 5) is 0. The Morgan fingerprint density at radius 3 is 1.87 bits per heavy atom. The van der Waals surface area contributed by atoms with Crippen molar-refractivity contribution in [1.82, 2.24) is 5.32 Å². The first-order valence-electron chi connectivity index (χ1n) is 6.43. The van der Waals surface area contributed by atoms with Crippen molar-refractivity contribution in [3.8, 4) is 0 Å². The molecule has 0 fully saturated rings. The molecule has 2 unspecified atom stereocenters. The number of hydrogen-bond donors (Lipinski definition) is 2. The van der Waals surface area contributed by atoms with Gasteiger partial charge in [0.2, 0.25) is 0 Å². The fourth-order valence-electron chi connectivity index (χ4n) is 1.88. The summed E-state index contributed by atoms with van der Waals surface area (Å²) >= 11 is 0. The van der Waals surface area contributed by atoms with E-state index in [2.05, 4.69) is 33.0 Å². The van der Waals surface area contributed by atoms with Crippen molar-refractivity contribution >= 4 is 0 Å². The number of hydrogen-bond acceptors (Lipinski definition) is 2. The minimum Gasteiger partial charge on any atom is -0.396 e. The van der Waals surface area contributed by atoms with Crippen LogP contribution in [0.15, 0.2) is 0 Å². The van der Waals surface area contributed by atoms with Crippen molar-refractivity contribution in [3.05, 3.63) is 0 Å². The molecule has 0 aromatic rings. The third-order valence-corrected chi connectivity index (χ3v) is 2.78. The smallest absolute Gasteiger partial charge is 0.0431 e. The highest BCUT2D eigenvalue weighted by atomic mass is 16.2. The molecule has 0 bridgehead atoms. The standard InChI is InChI=1S/C13H29NO/c1-11(2)7-5-8-12(3)14-13(4)9-6-10-15/h11-15H,5-10H2,1-4H3. The largest absolute Gasteiger partial charge is 0.396 e. The number of aliphatic hydroxyl groups excluding tert-OH is 1. The van der Waals surface area contributed by atoms with Crippen LogP contribution >= 0.6 is 0 Å². The Labute approximate surface area is 95.5 Å². The second-order valence-corrected chi connectivity index (χ2v) is 5.16. The van der Waals surface area contributed by atoms with E-state index in [1.807, 2.05) is 0 Å². The molecule has 0 saturated heterocycles. The fraction of sp³-hybridized carbons (Fsp3) is 1.00. The zero-order valence-corrected chi connectivity index (χ0v) is 10.9. The van der Waals surface area contributed by atoms with Crippen LogP contribution in [0.25, 0.3) is 0 Å². The van der Waals surface area contributed by atoms with E-state index in [4.69, 9.17) is 5.11 Å². The molecule has 0 amide bonds. The molecule has 0 aromatic carbocycles. The Balaban J connectivity index is 3.42. The third kappa shape index (κ3) is 10.2. The normalized spacial score (nSPS) is 15.6. The minimum atomic E-state index is 0.313. The Bertz CT molecular complexity index is 136. The maximum atomic E-state index is 8.72. The predicted octanol–water partition coefficient (Wildman–Crippen LogP) is 2.95. The number of rotatable bonds is 9. The second kappa shape index (κ2) is 9.17. The molecule has 0 rings (SSSR count). The molecule has 0 aliphatic heterocycles. The SMILES string of the molecule is CC(C)CCCC(C)NC(C)CCCO. The van der Waals surface area contributed by atoms with Crippen molar-refractivity contribution in [1.29, 1.82) is 0 Å². The molecule has 2 N–H and O–H groups in total. The van der Waals surface area contributed by atoms with Crippen LogP contribution in [0.3, 0.4) is 0 Å². The van der Waals surface area contributed by atoms with Crippen LogP contribution in [-0.2, 0) is 0 Å². The molecule has 0 saturated carbocycles. The molecule has 2 atom stereocenters. The van der Waals surface area contributed by atoms with Gasteiger partial charge in [-0.05, 0) is 39.0 Å². The summed E-state index contributed by atoms with van der Waals surface area (Å²) in [6.45, 7) is 9.34. The third-order valence-electron chi connectivity index (χ3n) is 2.78.